The van der Waals surface area contributed by atoms with Gasteiger partial charge in [-0.1, -0.05) is 25.7 Å². The molecule has 19 heavy (non-hydrogen) atoms. The number of halogens is 3. The van der Waals surface area contributed by atoms with E-state index in [1.807, 2.05) is 11.8 Å². The highest BCUT2D eigenvalue weighted by Gasteiger charge is 2.24. The van der Waals surface area contributed by atoms with Gasteiger partial charge in [0.15, 0.2) is 0 Å². The van der Waals surface area contributed by atoms with Gasteiger partial charge in [-0.25, -0.2) is 0 Å². The van der Waals surface area contributed by atoms with Gasteiger partial charge in [0.25, 0.3) is 0 Å². The molecule has 1 nitrogen and oxygen atoms in total. The monoisotopic (exact) mass is 296 g/mol. The molecule has 0 amide bonds. The Morgan fingerprint density at radius 2 is 1.58 bits per heavy atom. The van der Waals surface area contributed by atoms with Crippen LogP contribution < -0.4 is 0 Å². The minimum atomic E-state index is -3.67. The lowest BCUT2D eigenvalue weighted by Crippen LogP contribution is -2.23. The van der Waals surface area contributed by atoms with Gasteiger partial charge in [-0.15, -0.1) is 0 Å². The second-order valence-corrected chi connectivity index (χ2v) is 6.52. The van der Waals surface area contributed by atoms with Crippen molar-refractivity contribution in [3.8, 4) is 0 Å². The van der Waals surface area contributed by atoms with Crippen molar-refractivity contribution in [2.24, 2.45) is 5.92 Å². The summed E-state index contributed by atoms with van der Waals surface area (Å²) in [5.74, 6) is 2.69. The molecule has 2 saturated carbocycles. The van der Waals surface area contributed by atoms with E-state index in [-0.39, 0.29) is 0 Å². The lowest BCUT2D eigenvalue weighted by atomic mass is 9.91. The fraction of sp³-hybridized carbons (Fsp3) is 0.929. The van der Waals surface area contributed by atoms with Crippen molar-refractivity contribution in [2.75, 3.05) is 5.75 Å². The van der Waals surface area contributed by atoms with Crippen molar-refractivity contribution in [2.45, 2.75) is 69.7 Å². The molecule has 2 fully saturated rings. The van der Waals surface area contributed by atoms with Crippen LogP contribution in [0.25, 0.3) is 0 Å². The minimum Gasteiger partial charge on any atom is -0.298 e. The Bertz CT molecular complexity index is 252. The number of carbonyl (C=O) groups is 1. The van der Waals surface area contributed by atoms with Crippen LogP contribution in [0.3, 0.4) is 0 Å². The Hall–Kier alpha value is -0.190. The van der Waals surface area contributed by atoms with Crippen LogP contribution in [0.2, 0.25) is 0 Å². The van der Waals surface area contributed by atoms with Crippen LogP contribution in [-0.4, -0.2) is 23.5 Å². The van der Waals surface area contributed by atoms with E-state index >= 15 is 0 Å². The van der Waals surface area contributed by atoms with Crippen molar-refractivity contribution in [3.63, 3.8) is 0 Å². The van der Waals surface area contributed by atoms with Crippen molar-refractivity contribution in [3.05, 3.63) is 0 Å². The first kappa shape index (κ1) is 16.9. The molecule has 0 aromatic rings. The second-order valence-electron chi connectivity index (χ2n) is 5.29. The molecule has 0 radical (unpaired) electrons. The van der Waals surface area contributed by atoms with Crippen LogP contribution in [0.1, 0.15) is 57.8 Å². The number of rotatable bonds is 3. The lowest BCUT2D eigenvalue weighted by molar-refractivity contribution is -0.119. The zero-order chi connectivity index (χ0) is 14.1. The van der Waals surface area contributed by atoms with Gasteiger partial charge in [0.1, 0.15) is 5.78 Å². The van der Waals surface area contributed by atoms with Crippen molar-refractivity contribution in [1.29, 1.82) is 0 Å². The third-order valence-electron chi connectivity index (χ3n) is 3.76. The van der Waals surface area contributed by atoms with Gasteiger partial charge < -0.3 is 0 Å². The summed E-state index contributed by atoms with van der Waals surface area (Å²) in [6, 6.07) is 0. The highest BCUT2D eigenvalue weighted by Crippen LogP contribution is 2.31. The summed E-state index contributed by atoms with van der Waals surface area (Å²) in [5.41, 5.74) is 0. The van der Waals surface area contributed by atoms with Gasteiger partial charge in [0.05, 0.1) is 5.25 Å². The molecule has 0 heterocycles. The Kier molecular flexibility index (Phi) is 8.58. The molecule has 1 atom stereocenters. The molecule has 0 saturated heterocycles. The second kappa shape index (κ2) is 9.67. The fourth-order valence-electron chi connectivity index (χ4n) is 2.73. The number of carbonyl (C=O) groups excluding carboxylic acids is 1. The standard InChI is InChI=1S/C13H22OS.CHF3/c14-12-8-4-5-9-13(12)15-10-11-6-2-1-3-7-11;2-1(3)4/h11,13H,1-10H2;1H. The minimum absolute atomic E-state index is 0.362. The molecule has 112 valence electrons. The maximum absolute atomic E-state index is 11.6. The molecule has 2 rings (SSSR count). The van der Waals surface area contributed by atoms with E-state index in [4.69, 9.17) is 0 Å². The summed E-state index contributed by atoms with van der Waals surface area (Å²) in [6.45, 7) is -3.67. The Balaban J connectivity index is 0.000000399. The predicted octanol–water partition coefficient (Wildman–Crippen LogP) is 4.99. The van der Waals surface area contributed by atoms with Crippen LogP contribution >= 0.6 is 11.8 Å². The molecule has 1 unspecified atom stereocenters. The molecular weight excluding hydrogens is 273 g/mol. The number of alkyl halides is 3. The van der Waals surface area contributed by atoms with Crippen LogP contribution in [-0.2, 0) is 4.79 Å². The number of Topliss-reactive ketones (excluding diaryl/α,β-unsaturated/α-hetero) is 1. The topological polar surface area (TPSA) is 17.1 Å². The molecule has 0 N–H and O–H groups in total. The van der Waals surface area contributed by atoms with E-state index in [2.05, 4.69) is 0 Å². The molecular formula is C14H23F3OS. The summed E-state index contributed by atoms with van der Waals surface area (Å²) in [4.78, 5) is 11.6. The zero-order valence-electron chi connectivity index (χ0n) is 11.3. The van der Waals surface area contributed by atoms with Gasteiger partial charge in [-0.05, 0) is 37.4 Å². The molecule has 0 aliphatic heterocycles. The van der Waals surface area contributed by atoms with Gasteiger partial charge in [-0.3, -0.25) is 4.79 Å². The predicted molar refractivity (Wildman–Crippen MR) is 73.4 cm³/mol. The van der Waals surface area contributed by atoms with Gasteiger partial charge in [0.2, 0.25) is 0 Å². The van der Waals surface area contributed by atoms with Crippen molar-refractivity contribution < 1.29 is 18.0 Å². The van der Waals surface area contributed by atoms with E-state index in [1.165, 1.54) is 44.3 Å². The Labute approximate surface area is 117 Å². The third-order valence-corrected chi connectivity index (χ3v) is 5.32. The molecule has 0 spiro atoms. The van der Waals surface area contributed by atoms with Crippen molar-refractivity contribution in [1.82, 2.24) is 0 Å². The summed E-state index contributed by atoms with van der Waals surface area (Å²) in [5, 5.41) is 0.362. The fourth-order valence-corrected chi connectivity index (χ4v) is 4.21. The normalized spacial score (nSPS) is 25.1. The SMILES string of the molecule is FC(F)F.O=C1CCCCC1SCC1CCCCC1. The number of ketones is 1. The van der Waals surface area contributed by atoms with E-state index in [0.717, 1.165) is 25.2 Å². The van der Waals surface area contributed by atoms with E-state index in [9.17, 15) is 18.0 Å². The molecule has 2 aliphatic rings. The first-order valence-electron chi connectivity index (χ1n) is 7.16. The average molecular weight is 296 g/mol. The van der Waals surface area contributed by atoms with E-state index < -0.39 is 6.68 Å². The number of hydrogen-bond donors (Lipinski definition) is 0. The molecule has 0 aromatic carbocycles. The maximum atomic E-state index is 11.6. The summed E-state index contributed by atoms with van der Waals surface area (Å²) < 4.78 is 29.0. The first-order chi connectivity index (χ1) is 9.09. The van der Waals surface area contributed by atoms with Gasteiger partial charge >= 0.3 is 6.68 Å². The van der Waals surface area contributed by atoms with Crippen LogP contribution in [0.5, 0.6) is 0 Å². The van der Waals surface area contributed by atoms with E-state index in [0.29, 0.717) is 11.0 Å². The maximum Gasteiger partial charge on any atom is 0.379 e. The zero-order valence-corrected chi connectivity index (χ0v) is 12.1. The smallest absolute Gasteiger partial charge is 0.298 e. The lowest BCUT2D eigenvalue weighted by Gasteiger charge is -2.25. The summed E-state index contributed by atoms with van der Waals surface area (Å²) in [6.07, 6.45) is 11.5. The molecule has 5 heteroatoms. The first-order valence-corrected chi connectivity index (χ1v) is 8.21. The number of hydrogen-bond acceptors (Lipinski definition) is 2. The average Bonchev–Trinajstić information content (AvgIpc) is 2.38. The third kappa shape index (κ3) is 7.85. The van der Waals surface area contributed by atoms with Crippen LogP contribution in [0.4, 0.5) is 13.2 Å². The van der Waals surface area contributed by atoms with E-state index in [1.54, 1.807) is 0 Å². The van der Waals surface area contributed by atoms with Gasteiger partial charge in [-0.2, -0.15) is 24.9 Å². The molecule has 0 bridgehead atoms. The Morgan fingerprint density at radius 1 is 1.00 bits per heavy atom. The molecule has 0 aromatic heterocycles. The quantitative estimate of drug-likeness (QED) is 0.730. The highest BCUT2D eigenvalue weighted by atomic mass is 32.2. The van der Waals surface area contributed by atoms with Crippen LogP contribution in [0.15, 0.2) is 0 Å². The molecule has 2 aliphatic carbocycles. The summed E-state index contributed by atoms with van der Waals surface area (Å²) >= 11 is 1.96. The number of thioether (sulfide) groups is 1. The van der Waals surface area contributed by atoms with Crippen LogP contribution in [0, 0.1) is 5.92 Å². The van der Waals surface area contributed by atoms with Crippen molar-refractivity contribution >= 4 is 17.5 Å². The highest BCUT2D eigenvalue weighted by molar-refractivity contribution is 8.00. The summed E-state index contributed by atoms with van der Waals surface area (Å²) in [7, 11) is 0. The largest absolute Gasteiger partial charge is 0.379 e. The van der Waals surface area contributed by atoms with Gasteiger partial charge in [0, 0.05) is 6.42 Å². The Morgan fingerprint density at radius 3 is 2.16 bits per heavy atom.